The van der Waals surface area contributed by atoms with E-state index in [9.17, 15) is 8.42 Å². The number of hydrogen-bond donors (Lipinski definition) is 3. The highest BCUT2D eigenvalue weighted by molar-refractivity contribution is 14.0. The van der Waals surface area contributed by atoms with E-state index in [1.54, 1.807) is 24.6 Å². The van der Waals surface area contributed by atoms with Crippen molar-refractivity contribution in [3.8, 4) is 11.5 Å². The third-order valence-corrected chi connectivity index (χ3v) is 6.56. The van der Waals surface area contributed by atoms with Gasteiger partial charge in [-0.1, -0.05) is 12.1 Å². The predicted molar refractivity (Wildman–Crippen MR) is 132 cm³/mol. The van der Waals surface area contributed by atoms with Gasteiger partial charge in [0.1, 0.15) is 21.8 Å². The minimum Gasteiger partial charge on any atom is -0.497 e. The van der Waals surface area contributed by atoms with Crippen LogP contribution in [0.3, 0.4) is 0 Å². The number of nitrogens with one attached hydrogen (secondary N) is 3. The van der Waals surface area contributed by atoms with Gasteiger partial charge in [0.05, 0.1) is 13.7 Å². The van der Waals surface area contributed by atoms with E-state index in [-0.39, 0.29) is 36.6 Å². The molecule has 2 rings (SSSR count). The summed E-state index contributed by atoms with van der Waals surface area (Å²) >= 11 is 1.19. The van der Waals surface area contributed by atoms with Gasteiger partial charge in [0.2, 0.25) is 10.0 Å². The first-order chi connectivity index (χ1) is 13.9. The fraction of sp³-hybridized carbons (Fsp3) is 0.421. The topological polar surface area (TPSA) is 101 Å². The highest BCUT2D eigenvalue weighted by Crippen LogP contribution is 2.20. The molecule has 0 amide bonds. The average molecular weight is 569 g/mol. The van der Waals surface area contributed by atoms with Crippen molar-refractivity contribution in [2.24, 2.45) is 4.99 Å². The third kappa shape index (κ3) is 9.06. The van der Waals surface area contributed by atoms with Crippen LogP contribution < -0.4 is 24.8 Å². The molecule has 0 saturated heterocycles. The molecule has 0 bridgehead atoms. The van der Waals surface area contributed by atoms with Crippen LogP contribution in [0.5, 0.6) is 11.5 Å². The first kappa shape index (κ1) is 26.5. The summed E-state index contributed by atoms with van der Waals surface area (Å²) < 4.78 is 38.1. The summed E-state index contributed by atoms with van der Waals surface area (Å²) in [4.78, 5) is 4.50. The van der Waals surface area contributed by atoms with Gasteiger partial charge >= 0.3 is 0 Å². The molecule has 0 aliphatic heterocycles. The van der Waals surface area contributed by atoms with Crippen LogP contribution in [0.1, 0.15) is 13.8 Å². The highest BCUT2D eigenvalue weighted by atomic mass is 127. The summed E-state index contributed by atoms with van der Waals surface area (Å²) in [5.74, 6) is 2.05. The molecule has 168 valence electrons. The van der Waals surface area contributed by atoms with Crippen LogP contribution >= 0.6 is 35.3 Å². The summed E-state index contributed by atoms with van der Waals surface area (Å²) in [6, 6.07) is 10.7. The number of sulfonamides is 1. The molecular weight excluding hydrogens is 539 g/mol. The summed E-state index contributed by atoms with van der Waals surface area (Å²) in [7, 11) is -1.84. The van der Waals surface area contributed by atoms with Gasteiger partial charge in [-0.05, 0) is 37.4 Å². The van der Waals surface area contributed by atoms with E-state index in [1.165, 1.54) is 11.3 Å². The Labute approximate surface area is 199 Å². The molecule has 0 aliphatic rings. The number of guanidine groups is 1. The molecule has 11 heteroatoms. The molecule has 30 heavy (non-hydrogen) atoms. The SMILES string of the molecule is CCNC(=NCC(C)Oc1cccc(OC)c1)NCCNS(=O)(=O)c1cccs1.I. The molecule has 0 radical (unpaired) electrons. The maximum absolute atomic E-state index is 12.1. The lowest BCUT2D eigenvalue weighted by atomic mass is 10.3. The lowest BCUT2D eigenvalue weighted by molar-refractivity contribution is 0.229. The van der Waals surface area contributed by atoms with Crippen molar-refractivity contribution < 1.29 is 17.9 Å². The second kappa shape index (κ2) is 13.7. The number of hydrogen-bond acceptors (Lipinski definition) is 6. The fourth-order valence-electron chi connectivity index (χ4n) is 2.36. The maximum atomic E-state index is 12.1. The van der Waals surface area contributed by atoms with Crippen LogP contribution in [0.2, 0.25) is 0 Å². The molecule has 3 N–H and O–H groups in total. The van der Waals surface area contributed by atoms with Gasteiger partial charge in [-0.3, -0.25) is 0 Å². The summed E-state index contributed by atoms with van der Waals surface area (Å²) in [6.07, 6.45) is -0.144. The lowest BCUT2D eigenvalue weighted by Crippen LogP contribution is -2.42. The molecule has 0 fully saturated rings. The Morgan fingerprint density at radius 1 is 1.17 bits per heavy atom. The van der Waals surface area contributed by atoms with E-state index < -0.39 is 10.0 Å². The molecule has 2 aromatic rings. The first-order valence-electron chi connectivity index (χ1n) is 9.30. The fourth-order valence-corrected chi connectivity index (χ4v) is 4.43. The van der Waals surface area contributed by atoms with Crippen LogP contribution in [0, 0.1) is 0 Å². The Bertz CT molecular complexity index is 876. The zero-order chi connectivity index (χ0) is 21.1. The van der Waals surface area contributed by atoms with E-state index in [4.69, 9.17) is 9.47 Å². The van der Waals surface area contributed by atoms with E-state index in [0.29, 0.717) is 35.6 Å². The number of methoxy groups -OCH3 is 1. The number of benzene rings is 1. The Morgan fingerprint density at radius 2 is 1.93 bits per heavy atom. The summed E-state index contributed by atoms with van der Waals surface area (Å²) in [6.45, 7) is 5.68. The predicted octanol–water partition coefficient (Wildman–Crippen LogP) is 2.68. The average Bonchev–Trinajstić information content (AvgIpc) is 3.25. The Balaban J connectivity index is 0.00000450. The van der Waals surface area contributed by atoms with Crippen molar-refractivity contribution in [2.75, 3.05) is 33.3 Å². The Hall–Kier alpha value is -1.57. The molecule has 0 saturated carbocycles. The van der Waals surface area contributed by atoms with Gasteiger partial charge in [0.15, 0.2) is 5.96 Å². The largest absolute Gasteiger partial charge is 0.497 e. The van der Waals surface area contributed by atoms with Crippen LogP contribution in [0.15, 0.2) is 51.0 Å². The standard InChI is InChI=1S/C19H28N4O4S2.HI/c1-4-20-19(21-10-11-23-29(24,25)18-9-6-12-28-18)22-14-15(2)27-17-8-5-7-16(13-17)26-3;/h5-9,12-13,15,23H,4,10-11,14H2,1-3H3,(H2,20,21,22);1H. The number of aliphatic imine (C=N–C) groups is 1. The number of rotatable bonds is 11. The molecular formula is C19H29IN4O4S2. The van der Waals surface area contributed by atoms with Gasteiger partial charge < -0.3 is 20.1 Å². The summed E-state index contributed by atoms with van der Waals surface area (Å²) in [5, 5.41) is 7.98. The normalized spacial score (nSPS) is 12.6. The van der Waals surface area contributed by atoms with Crippen molar-refractivity contribution in [1.29, 1.82) is 0 Å². The van der Waals surface area contributed by atoms with Crippen molar-refractivity contribution >= 4 is 51.3 Å². The van der Waals surface area contributed by atoms with Crippen LogP contribution in [-0.4, -0.2) is 53.8 Å². The van der Waals surface area contributed by atoms with Crippen molar-refractivity contribution in [2.45, 2.75) is 24.2 Å². The van der Waals surface area contributed by atoms with E-state index in [1.807, 2.05) is 38.1 Å². The molecule has 8 nitrogen and oxygen atoms in total. The van der Waals surface area contributed by atoms with Crippen LogP contribution in [0.25, 0.3) is 0 Å². The van der Waals surface area contributed by atoms with E-state index >= 15 is 0 Å². The molecule has 1 aromatic carbocycles. The molecule has 1 unspecified atom stereocenters. The second-order valence-corrected chi connectivity index (χ2v) is 9.03. The molecule has 0 spiro atoms. The van der Waals surface area contributed by atoms with Crippen molar-refractivity contribution in [3.63, 3.8) is 0 Å². The maximum Gasteiger partial charge on any atom is 0.250 e. The van der Waals surface area contributed by atoms with Crippen molar-refractivity contribution in [3.05, 3.63) is 41.8 Å². The minimum atomic E-state index is -3.46. The van der Waals surface area contributed by atoms with Crippen LogP contribution in [-0.2, 0) is 10.0 Å². The lowest BCUT2D eigenvalue weighted by Gasteiger charge is -2.15. The number of ether oxygens (including phenoxy) is 2. The van der Waals surface area contributed by atoms with Crippen molar-refractivity contribution in [1.82, 2.24) is 15.4 Å². The quantitative estimate of drug-likeness (QED) is 0.167. The zero-order valence-corrected chi connectivity index (χ0v) is 21.2. The van der Waals surface area contributed by atoms with Gasteiger partial charge in [-0.2, -0.15) is 0 Å². The Morgan fingerprint density at radius 3 is 2.60 bits per heavy atom. The molecule has 0 aliphatic carbocycles. The van der Waals surface area contributed by atoms with Gasteiger partial charge in [0, 0.05) is 25.7 Å². The third-order valence-electron chi connectivity index (χ3n) is 3.70. The van der Waals surface area contributed by atoms with Gasteiger partial charge in [0.25, 0.3) is 0 Å². The smallest absolute Gasteiger partial charge is 0.250 e. The molecule has 1 aromatic heterocycles. The first-order valence-corrected chi connectivity index (χ1v) is 11.7. The van der Waals surface area contributed by atoms with Gasteiger partial charge in [-0.15, -0.1) is 35.3 Å². The highest BCUT2D eigenvalue weighted by Gasteiger charge is 2.14. The molecule has 1 atom stereocenters. The van der Waals surface area contributed by atoms with E-state index in [2.05, 4.69) is 20.3 Å². The molecule has 1 heterocycles. The number of nitrogens with zero attached hydrogens (tertiary/aromatic N) is 1. The van der Waals surface area contributed by atoms with Gasteiger partial charge in [-0.25, -0.2) is 18.1 Å². The number of halogens is 1. The van der Waals surface area contributed by atoms with E-state index in [0.717, 1.165) is 5.75 Å². The second-order valence-electron chi connectivity index (χ2n) is 6.08. The Kier molecular flexibility index (Phi) is 12.1. The zero-order valence-electron chi connectivity index (χ0n) is 17.3. The number of thiophene rings is 1. The van der Waals surface area contributed by atoms with Crippen LogP contribution in [0.4, 0.5) is 0 Å². The summed E-state index contributed by atoms with van der Waals surface area (Å²) in [5.41, 5.74) is 0. The minimum absolute atomic E-state index is 0. The monoisotopic (exact) mass is 568 g/mol.